The minimum Gasteiger partial charge on any atom is -0.497 e. The molecule has 0 fully saturated rings. The van der Waals surface area contributed by atoms with Crippen LogP contribution < -0.4 is 24.3 Å². The second kappa shape index (κ2) is 11.6. The van der Waals surface area contributed by atoms with Crippen molar-refractivity contribution in [2.24, 2.45) is 7.05 Å². The van der Waals surface area contributed by atoms with Crippen LogP contribution in [-0.4, -0.2) is 48.2 Å². The molecule has 1 N–H and O–H groups in total. The summed E-state index contributed by atoms with van der Waals surface area (Å²) in [5.41, 5.74) is 4.61. The Hall–Kier alpha value is -4.27. The first-order valence-corrected chi connectivity index (χ1v) is 12.1. The Labute approximate surface area is 217 Å². The summed E-state index contributed by atoms with van der Waals surface area (Å²) >= 11 is 0. The Morgan fingerprint density at radius 3 is 2.32 bits per heavy atom. The number of methoxy groups -OCH3 is 4. The predicted molar refractivity (Wildman–Crippen MR) is 146 cm³/mol. The van der Waals surface area contributed by atoms with Crippen LogP contribution in [0.5, 0.6) is 23.0 Å². The van der Waals surface area contributed by atoms with E-state index in [-0.39, 0.29) is 0 Å². The summed E-state index contributed by atoms with van der Waals surface area (Å²) in [6.07, 6.45) is 5.60. The van der Waals surface area contributed by atoms with Crippen LogP contribution >= 0.6 is 0 Å². The van der Waals surface area contributed by atoms with Gasteiger partial charge in [-0.1, -0.05) is 31.6 Å². The summed E-state index contributed by atoms with van der Waals surface area (Å²) in [5.74, 6) is 3.80. The zero-order valence-corrected chi connectivity index (χ0v) is 22.2. The molecule has 0 radical (unpaired) electrons. The van der Waals surface area contributed by atoms with Crippen molar-refractivity contribution in [1.29, 1.82) is 0 Å². The molecular weight excluding hydrogens is 470 g/mol. The zero-order valence-electron chi connectivity index (χ0n) is 22.2. The van der Waals surface area contributed by atoms with E-state index in [0.717, 1.165) is 52.3 Å². The van der Waals surface area contributed by atoms with Gasteiger partial charge in [-0.25, -0.2) is 9.97 Å². The van der Waals surface area contributed by atoms with Crippen molar-refractivity contribution < 1.29 is 18.9 Å². The molecule has 2 aromatic carbocycles. The van der Waals surface area contributed by atoms with Gasteiger partial charge in [0, 0.05) is 13.6 Å². The zero-order chi connectivity index (χ0) is 26.4. The highest BCUT2D eigenvalue weighted by molar-refractivity contribution is 5.89. The molecule has 0 bridgehead atoms. The van der Waals surface area contributed by atoms with Crippen molar-refractivity contribution in [3.8, 4) is 23.0 Å². The topological polar surface area (TPSA) is 92.6 Å². The van der Waals surface area contributed by atoms with Gasteiger partial charge in [-0.3, -0.25) is 4.68 Å². The third-order valence-corrected chi connectivity index (χ3v) is 5.96. The van der Waals surface area contributed by atoms with E-state index in [2.05, 4.69) is 12.2 Å². The van der Waals surface area contributed by atoms with Crippen LogP contribution in [0.3, 0.4) is 0 Å². The molecule has 0 aliphatic carbocycles. The van der Waals surface area contributed by atoms with E-state index in [9.17, 15) is 0 Å². The number of aryl methyl sites for hydroxylation is 2. The largest absolute Gasteiger partial charge is 0.497 e. The van der Waals surface area contributed by atoms with Crippen LogP contribution in [0.4, 0.5) is 5.82 Å². The smallest absolute Gasteiger partial charge is 0.203 e. The highest BCUT2D eigenvalue weighted by Gasteiger charge is 2.17. The fourth-order valence-electron chi connectivity index (χ4n) is 4.20. The number of anilines is 1. The van der Waals surface area contributed by atoms with E-state index in [1.807, 2.05) is 60.3 Å². The number of fused-ring (bicyclic) bond motifs is 1. The number of hydrogen-bond acceptors (Lipinski definition) is 8. The summed E-state index contributed by atoms with van der Waals surface area (Å²) in [6, 6.07) is 11.7. The lowest BCUT2D eigenvalue weighted by molar-refractivity contribution is 0.324. The fourth-order valence-corrected chi connectivity index (χ4v) is 4.20. The predicted octanol–water partition coefficient (Wildman–Crippen LogP) is 5.13. The quantitative estimate of drug-likeness (QED) is 0.301. The lowest BCUT2D eigenvalue weighted by Crippen LogP contribution is -2.06. The Balaban J connectivity index is 1.73. The van der Waals surface area contributed by atoms with E-state index in [1.165, 1.54) is 0 Å². The summed E-state index contributed by atoms with van der Waals surface area (Å²) in [4.78, 5) is 9.70. The van der Waals surface area contributed by atoms with Crippen molar-refractivity contribution in [3.05, 3.63) is 59.0 Å². The first kappa shape index (κ1) is 25.8. The first-order valence-electron chi connectivity index (χ1n) is 12.1. The lowest BCUT2D eigenvalue weighted by atomic mass is 10.1. The normalized spacial score (nSPS) is 11.2. The number of nitrogens with zero attached hydrogens (tertiary/aromatic N) is 4. The van der Waals surface area contributed by atoms with Gasteiger partial charge in [0.05, 0.1) is 34.1 Å². The third-order valence-electron chi connectivity index (χ3n) is 5.96. The van der Waals surface area contributed by atoms with E-state index >= 15 is 0 Å². The summed E-state index contributed by atoms with van der Waals surface area (Å²) in [5, 5.41) is 8.21. The van der Waals surface area contributed by atoms with E-state index in [4.69, 9.17) is 34.0 Å². The van der Waals surface area contributed by atoms with Crippen molar-refractivity contribution in [2.75, 3.05) is 33.8 Å². The van der Waals surface area contributed by atoms with Gasteiger partial charge in [0.2, 0.25) is 5.75 Å². The van der Waals surface area contributed by atoms with Gasteiger partial charge < -0.3 is 24.3 Å². The minimum absolute atomic E-state index is 0.545. The molecule has 0 unspecified atom stereocenters. The van der Waals surface area contributed by atoms with Gasteiger partial charge >= 0.3 is 0 Å². The molecule has 9 nitrogen and oxygen atoms in total. The number of nitrogens with one attached hydrogen (secondary N) is 1. The maximum Gasteiger partial charge on any atom is 0.203 e. The molecule has 0 spiro atoms. The van der Waals surface area contributed by atoms with Crippen LogP contribution in [0.25, 0.3) is 23.2 Å². The summed E-state index contributed by atoms with van der Waals surface area (Å²) in [7, 11) is 8.37. The number of hydrogen-bond donors (Lipinski definition) is 1. The van der Waals surface area contributed by atoms with Gasteiger partial charge in [0.15, 0.2) is 23.1 Å². The van der Waals surface area contributed by atoms with Gasteiger partial charge in [0.25, 0.3) is 0 Å². The van der Waals surface area contributed by atoms with Crippen LogP contribution in [0, 0.1) is 0 Å². The van der Waals surface area contributed by atoms with Gasteiger partial charge in [-0.05, 0) is 47.9 Å². The molecule has 4 rings (SSSR count). The van der Waals surface area contributed by atoms with E-state index in [1.54, 1.807) is 28.4 Å². The molecule has 0 amide bonds. The van der Waals surface area contributed by atoms with Crippen LogP contribution in [0.2, 0.25) is 0 Å². The number of ether oxygens (including phenoxy) is 4. The highest BCUT2D eigenvalue weighted by atomic mass is 16.5. The molecule has 37 heavy (non-hydrogen) atoms. The SMILES string of the molecule is CCCc1nn(C)c2c(NCc3cccc(OC)c3)nc(/C=C/c3cc(OC)c(OC)c(OC)c3)nc12. The van der Waals surface area contributed by atoms with Crippen molar-refractivity contribution in [3.63, 3.8) is 0 Å². The lowest BCUT2D eigenvalue weighted by Gasteiger charge is -2.13. The molecule has 0 aliphatic heterocycles. The maximum atomic E-state index is 5.48. The molecule has 9 heteroatoms. The summed E-state index contributed by atoms with van der Waals surface area (Å²) in [6.45, 7) is 2.71. The maximum absolute atomic E-state index is 5.48. The average Bonchev–Trinajstić information content (AvgIpc) is 3.24. The molecule has 2 aromatic heterocycles. The minimum atomic E-state index is 0.545. The average molecular weight is 504 g/mol. The van der Waals surface area contributed by atoms with Gasteiger partial charge in [-0.15, -0.1) is 0 Å². The van der Waals surface area contributed by atoms with Crippen LogP contribution in [0.15, 0.2) is 36.4 Å². The first-order chi connectivity index (χ1) is 18.0. The second-order valence-corrected chi connectivity index (χ2v) is 8.45. The Kier molecular flexibility index (Phi) is 8.12. The number of benzene rings is 2. The summed E-state index contributed by atoms with van der Waals surface area (Å²) < 4.78 is 23.6. The third kappa shape index (κ3) is 5.61. The monoisotopic (exact) mass is 503 g/mol. The van der Waals surface area contributed by atoms with Gasteiger partial charge in [-0.2, -0.15) is 5.10 Å². The number of rotatable bonds is 11. The molecular formula is C28H33N5O4. The molecule has 0 aliphatic rings. The standard InChI is InChI=1S/C28H33N5O4/c1-7-9-21-25-26(33(2)32-21)28(29-17-19-10-8-11-20(14-19)34-3)31-24(30-25)13-12-18-15-22(35-4)27(37-6)23(16-18)36-5/h8,10-16H,7,9,17H2,1-6H3,(H,29,30,31)/b13-12+. The van der Waals surface area contributed by atoms with Crippen LogP contribution in [0.1, 0.15) is 36.0 Å². The van der Waals surface area contributed by atoms with Crippen molar-refractivity contribution in [1.82, 2.24) is 19.7 Å². The Morgan fingerprint density at radius 2 is 1.68 bits per heavy atom. The second-order valence-electron chi connectivity index (χ2n) is 8.45. The Bertz CT molecular complexity index is 1390. The molecule has 0 saturated carbocycles. The van der Waals surface area contributed by atoms with Gasteiger partial charge in [0.1, 0.15) is 16.8 Å². The molecule has 194 valence electrons. The van der Waals surface area contributed by atoms with E-state index in [0.29, 0.717) is 29.6 Å². The highest BCUT2D eigenvalue weighted by Crippen LogP contribution is 2.38. The van der Waals surface area contributed by atoms with E-state index < -0.39 is 0 Å². The molecule has 2 heterocycles. The number of aromatic nitrogens is 4. The fraction of sp³-hybridized carbons (Fsp3) is 0.321. The molecule has 4 aromatic rings. The van der Waals surface area contributed by atoms with Crippen molar-refractivity contribution in [2.45, 2.75) is 26.3 Å². The van der Waals surface area contributed by atoms with Crippen molar-refractivity contribution >= 4 is 29.0 Å². The Morgan fingerprint density at radius 1 is 0.919 bits per heavy atom. The van der Waals surface area contributed by atoms with Crippen LogP contribution in [-0.2, 0) is 20.0 Å². The molecule has 0 atom stereocenters. The molecule has 0 saturated heterocycles.